The molecule has 0 saturated heterocycles. The molecular formula is C11H11ClN4O2. The lowest BCUT2D eigenvalue weighted by atomic mass is 10.2. The largest absolute Gasteiger partial charge is 0.378 e. The van der Waals surface area contributed by atoms with Crippen LogP contribution >= 0.6 is 11.6 Å². The molecule has 1 aromatic carbocycles. The number of hydrogen-bond donors (Lipinski definition) is 1. The number of aromatic nitrogens is 2. The maximum atomic E-state index is 10.8. The number of anilines is 1. The first-order valence-electron chi connectivity index (χ1n) is 5.32. The van der Waals surface area contributed by atoms with E-state index in [0.29, 0.717) is 23.8 Å². The van der Waals surface area contributed by atoms with Crippen LogP contribution in [-0.4, -0.2) is 21.2 Å². The summed E-state index contributed by atoms with van der Waals surface area (Å²) in [6, 6.07) is 6.25. The van der Waals surface area contributed by atoms with Crippen molar-refractivity contribution in [3.63, 3.8) is 0 Å². The number of benzene rings is 1. The van der Waals surface area contributed by atoms with E-state index in [1.165, 1.54) is 12.1 Å². The lowest BCUT2D eigenvalue weighted by Gasteiger charge is -2.07. The second-order valence-electron chi connectivity index (χ2n) is 3.61. The predicted molar refractivity (Wildman–Crippen MR) is 68.8 cm³/mol. The van der Waals surface area contributed by atoms with Gasteiger partial charge in [-0.3, -0.25) is 14.8 Å². The van der Waals surface area contributed by atoms with Crippen LogP contribution in [0.2, 0.25) is 5.02 Å². The van der Waals surface area contributed by atoms with E-state index in [9.17, 15) is 10.1 Å². The Morgan fingerprint density at radius 3 is 3.00 bits per heavy atom. The molecule has 6 nitrogen and oxygen atoms in total. The van der Waals surface area contributed by atoms with Gasteiger partial charge in [0.2, 0.25) is 0 Å². The van der Waals surface area contributed by atoms with Crippen molar-refractivity contribution in [2.75, 3.05) is 11.9 Å². The van der Waals surface area contributed by atoms with Crippen LogP contribution in [0, 0.1) is 10.1 Å². The number of rotatable bonds is 5. The highest BCUT2D eigenvalue weighted by Gasteiger charge is 2.13. The second-order valence-corrected chi connectivity index (χ2v) is 4.05. The molecule has 0 saturated carbocycles. The zero-order valence-electron chi connectivity index (χ0n) is 9.41. The van der Waals surface area contributed by atoms with Crippen molar-refractivity contribution in [3.8, 4) is 0 Å². The molecule has 1 N–H and O–H groups in total. The molecule has 0 aliphatic heterocycles. The lowest BCUT2D eigenvalue weighted by molar-refractivity contribution is -0.384. The number of nitro groups is 1. The number of nitrogens with one attached hydrogen (secondary N) is 1. The van der Waals surface area contributed by atoms with Gasteiger partial charge in [0.1, 0.15) is 5.69 Å². The Bertz CT molecular complexity index is 542. The number of halogens is 1. The molecule has 2 rings (SSSR count). The monoisotopic (exact) mass is 266 g/mol. The molecule has 0 aliphatic carbocycles. The maximum absolute atomic E-state index is 10.8. The third kappa shape index (κ3) is 2.98. The normalized spacial score (nSPS) is 10.3. The predicted octanol–water partition coefficient (Wildman–Crippen LogP) is 2.56. The van der Waals surface area contributed by atoms with Crippen molar-refractivity contribution in [2.24, 2.45) is 0 Å². The first-order valence-corrected chi connectivity index (χ1v) is 5.70. The molecule has 0 aliphatic rings. The number of hydrogen-bond acceptors (Lipinski definition) is 4. The molecule has 0 spiro atoms. The average molecular weight is 267 g/mol. The van der Waals surface area contributed by atoms with Crippen LogP contribution in [0.4, 0.5) is 11.4 Å². The molecule has 1 heterocycles. The van der Waals surface area contributed by atoms with Crippen molar-refractivity contribution in [3.05, 3.63) is 51.8 Å². The van der Waals surface area contributed by atoms with Gasteiger partial charge in [0.15, 0.2) is 0 Å². The zero-order valence-corrected chi connectivity index (χ0v) is 10.2. The molecule has 0 atom stereocenters. The Morgan fingerprint density at radius 1 is 1.50 bits per heavy atom. The fraction of sp³-hybridized carbons (Fsp3) is 0.182. The topological polar surface area (TPSA) is 73.0 Å². The summed E-state index contributed by atoms with van der Waals surface area (Å²) in [6.07, 6.45) is 3.51. The van der Waals surface area contributed by atoms with E-state index in [1.807, 2.05) is 12.3 Å². The number of nitro benzene ring substituents is 1. The van der Waals surface area contributed by atoms with Crippen LogP contribution in [0.3, 0.4) is 0 Å². The highest BCUT2D eigenvalue weighted by atomic mass is 35.5. The van der Waals surface area contributed by atoms with E-state index in [0.717, 1.165) is 0 Å². The van der Waals surface area contributed by atoms with E-state index in [2.05, 4.69) is 10.4 Å². The van der Waals surface area contributed by atoms with Gasteiger partial charge in [-0.05, 0) is 18.2 Å². The van der Waals surface area contributed by atoms with Gasteiger partial charge in [-0.25, -0.2) is 0 Å². The molecule has 0 radical (unpaired) electrons. The SMILES string of the molecule is O=[N+]([O-])c1ccc(Cl)cc1NCCn1cccn1. The first kappa shape index (κ1) is 12.4. The van der Waals surface area contributed by atoms with E-state index >= 15 is 0 Å². The Hall–Kier alpha value is -2.08. The Kier molecular flexibility index (Phi) is 3.78. The van der Waals surface area contributed by atoms with Crippen molar-refractivity contribution in [1.29, 1.82) is 0 Å². The maximum Gasteiger partial charge on any atom is 0.292 e. The molecular weight excluding hydrogens is 256 g/mol. The minimum atomic E-state index is -0.438. The zero-order chi connectivity index (χ0) is 13.0. The van der Waals surface area contributed by atoms with E-state index < -0.39 is 4.92 Å². The van der Waals surface area contributed by atoms with Crippen molar-refractivity contribution >= 4 is 23.0 Å². The minimum Gasteiger partial charge on any atom is -0.378 e. The van der Waals surface area contributed by atoms with Crippen LogP contribution in [0.1, 0.15) is 0 Å². The summed E-state index contributed by atoms with van der Waals surface area (Å²) in [5.41, 5.74) is 0.430. The van der Waals surface area contributed by atoms with Gasteiger partial charge in [-0.2, -0.15) is 5.10 Å². The van der Waals surface area contributed by atoms with Gasteiger partial charge >= 0.3 is 0 Å². The molecule has 0 unspecified atom stereocenters. The van der Waals surface area contributed by atoms with Crippen molar-refractivity contribution < 1.29 is 4.92 Å². The van der Waals surface area contributed by atoms with Crippen LogP contribution in [0.15, 0.2) is 36.7 Å². The smallest absolute Gasteiger partial charge is 0.292 e. The summed E-state index contributed by atoms with van der Waals surface area (Å²) in [5, 5.41) is 18.3. The van der Waals surface area contributed by atoms with E-state index in [1.54, 1.807) is 16.9 Å². The van der Waals surface area contributed by atoms with Gasteiger partial charge in [0, 0.05) is 30.0 Å². The molecule has 2 aromatic rings. The van der Waals surface area contributed by atoms with E-state index in [-0.39, 0.29) is 5.69 Å². The van der Waals surface area contributed by atoms with Gasteiger partial charge in [0.25, 0.3) is 5.69 Å². The van der Waals surface area contributed by atoms with Gasteiger partial charge < -0.3 is 5.32 Å². The second kappa shape index (κ2) is 5.50. The fourth-order valence-corrected chi connectivity index (χ4v) is 1.72. The van der Waals surface area contributed by atoms with Gasteiger partial charge in [0.05, 0.1) is 11.5 Å². The van der Waals surface area contributed by atoms with Crippen LogP contribution in [0.25, 0.3) is 0 Å². The third-order valence-corrected chi connectivity index (χ3v) is 2.61. The van der Waals surface area contributed by atoms with Crippen molar-refractivity contribution in [2.45, 2.75) is 6.54 Å². The first-order chi connectivity index (χ1) is 8.66. The quantitative estimate of drug-likeness (QED) is 0.667. The Labute approximate surface area is 108 Å². The van der Waals surface area contributed by atoms with Crippen LogP contribution in [0.5, 0.6) is 0 Å². The molecule has 18 heavy (non-hydrogen) atoms. The summed E-state index contributed by atoms with van der Waals surface area (Å²) < 4.78 is 1.74. The highest BCUT2D eigenvalue weighted by Crippen LogP contribution is 2.27. The summed E-state index contributed by atoms with van der Waals surface area (Å²) in [6.45, 7) is 1.15. The fourth-order valence-electron chi connectivity index (χ4n) is 1.55. The Morgan fingerprint density at radius 2 is 2.33 bits per heavy atom. The summed E-state index contributed by atoms with van der Waals surface area (Å²) in [7, 11) is 0. The summed E-state index contributed by atoms with van der Waals surface area (Å²) in [4.78, 5) is 10.4. The molecule has 0 bridgehead atoms. The highest BCUT2D eigenvalue weighted by molar-refractivity contribution is 6.31. The van der Waals surface area contributed by atoms with Crippen LogP contribution in [-0.2, 0) is 6.54 Å². The molecule has 0 amide bonds. The van der Waals surface area contributed by atoms with Crippen LogP contribution < -0.4 is 5.32 Å². The average Bonchev–Trinajstić information content (AvgIpc) is 2.82. The minimum absolute atomic E-state index is 0.0138. The lowest BCUT2D eigenvalue weighted by Crippen LogP contribution is -2.11. The summed E-state index contributed by atoms with van der Waals surface area (Å²) >= 11 is 5.82. The Balaban J connectivity index is 2.03. The molecule has 94 valence electrons. The van der Waals surface area contributed by atoms with E-state index in [4.69, 9.17) is 11.6 Å². The standard InChI is InChI=1S/C11H11ClN4O2/c12-9-2-3-11(16(17)18)10(8-9)13-5-7-15-6-1-4-14-15/h1-4,6,8,13H,5,7H2. The molecule has 1 aromatic heterocycles. The molecule has 0 fully saturated rings. The van der Waals surface area contributed by atoms with Crippen molar-refractivity contribution in [1.82, 2.24) is 9.78 Å². The number of nitrogens with zero attached hydrogens (tertiary/aromatic N) is 3. The van der Waals surface area contributed by atoms with Gasteiger partial charge in [-0.15, -0.1) is 0 Å². The third-order valence-electron chi connectivity index (χ3n) is 2.37. The molecule has 7 heteroatoms. The van der Waals surface area contributed by atoms with Gasteiger partial charge in [-0.1, -0.05) is 11.6 Å². The summed E-state index contributed by atoms with van der Waals surface area (Å²) in [5.74, 6) is 0.